The molecule has 4 nitrogen and oxygen atoms in total. The molecule has 1 N–H and O–H groups in total. The molecule has 2 aromatic rings. The highest BCUT2D eigenvalue weighted by molar-refractivity contribution is 8.00. The van der Waals surface area contributed by atoms with Gasteiger partial charge in [0.1, 0.15) is 0 Å². The molecule has 0 fully saturated rings. The Hall–Kier alpha value is -1.98. The summed E-state index contributed by atoms with van der Waals surface area (Å²) in [5, 5.41) is 3.08. The second-order valence-electron chi connectivity index (χ2n) is 5.75. The highest BCUT2D eigenvalue weighted by Crippen LogP contribution is 2.24. The zero-order valence-corrected chi connectivity index (χ0v) is 16.0. The largest absolute Gasteiger partial charge is 0.455 e. The molecule has 0 aliphatic heterocycles. The third-order valence-corrected chi connectivity index (χ3v) is 4.90. The topological polar surface area (TPSA) is 55.4 Å². The van der Waals surface area contributed by atoms with Crippen LogP contribution < -0.4 is 5.32 Å². The second kappa shape index (κ2) is 8.92. The third-order valence-electron chi connectivity index (χ3n) is 3.45. The molecule has 0 atom stereocenters. The molecule has 0 bridgehead atoms. The second-order valence-corrected chi connectivity index (χ2v) is 7.17. The van der Waals surface area contributed by atoms with Gasteiger partial charge in [0, 0.05) is 4.90 Å². The number of amides is 1. The van der Waals surface area contributed by atoms with Gasteiger partial charge in [-0.05, 0) is 50.1 Å². The fraction of sp³-hybridized carbons (Fsp3) is 0.263. The van der Waals surface area contributed by atoms with E-state index >= 15 is 0 Å². The first-order valence-corrected chi connectivity index (χ1v) is 9.13. The van der Waals surface area contributed by atoms with Gasteiger partial charge in [0.2, 0.25) is 0 Å². The molecule has 25 heavy (non-hydrogen) atoms. The minimum atomic E-state index is -0.434. The molecule has 6 heteroatoms. The van der Waals surface area contributed by atoms with Crippen LogP contribution in [0.25, 0.3) is 0 Å². The number of hydrogen-bond donors (Lipinski definition) is 1. The van der Waals surface area contributed by atoms with Crippen LogP contribution in [0.1, 0.15) is 16.7 Å². The lowest BCUT2D eigenvalue weighted by Gasteiger charge is -2.09. The number of esters is 1. The zero-order valence-electron chi connectivity index (χ0n) is 14.4. The molecule has 2 aromatic carbocycles. The summed E-state index contributed by atoms with van der Waals surface area (Å²) in [6.07, 6.45) is 0. The highest BCUT2D eigenvalue weighted by atomic mass is 35.5. The Bertz CT molecular complexity index is 792. The van der Waals surface area contributed by atoms with Crippen molar-refractivity contribution in [3.8, 4) is 0 Å². The number of hydrogen-bond acceptors (Lipinski definition) is 4. The van der Waals surface area contributed by atoms with Crippen molar-refractivity contribution in [2.45, 2.75) is 25.7 Å². The smallest absolute Gasteiger partial charge is 0.316 e. The zero-order chi connectivity index (χ0) is 18.4. The average Bonchev–Trinajstić information content (AvgIpc) is 2.56. The summed E-state index contributed by atoms with van der Waals surface area (Å²) in [6, 6.07) is 11.4. The van der Waals surface area contributed by atoms with Crippen molar-refractivity contribution in [3.05, 3.63) is 58.1 Å². The monoisotopic (exact) mass is 377 g/mol. The lowest BCUT2D eigenvalue weighted by atomic mass is 10.2. The molecule has 132 valence electrons. The molecule has 2 rings (SSSR count). The van der Waals surface area contributed by atoms with Crippen LogP contribution in [-0.2, 0) is 14.3 Å². The van der Waals surface area contributed by atoms with E-state index in [1.165, 1.54) is 11.8 Å². The van der Waals surface area contributed by atoms with E-state index in [-0.39, 0.29) is 12.4 Å². The van der Waals surface area contributed by atoms with E-state index in [1.54, 1.807) is 12.1 Å². The molecule has 0 saturated carbocycles. The SMILES string of the molecule is Cc1ccc(NC(=O)COC(=O)CSc2cc(C)ccc2C)c(Cl)c1. The van der Waals surface area contributed by atoms with E-state index in [0.717, 1.165) is 21.6 Å². The first kappa shape index (κ1) is 19.3. The Balaban J connectivity index is 1.79. The summed E-state index contributed by atoms with van der Waals surface area (Å²) in [6.45, 7) is 5.57. The predicted octanol–water partition coefficient (Wildman–Crippen LogP) is 4.54. The minimum absolute atomic E-state index is 0.156. The number of carbonyl (C=O) groups excluding carboxylic acids is 2. The summed E-state index contributed by atoms with van der Waals surface area (Å²) in [5.74, 6) is -0.699. The molecule has 0 unspecified atom stereocenters. The van der Waals surface area contributed by atoms with E-state index in [1.807, 2.05) is 45.0 Å². The van der Waals surface area contributed by atoms with Gasteiger partial charge < -0.3 is 10.1 Å². The summed E-state index contributed by atoms with van der Waals surface area (Å²) in [4.78, 5) is 24.7. The van der Waals surface area contributed by atoms with E-state index in [4.69, 9.17) is 16.3 Å². The predicted molar refractivity (Wildman–Crippen MR) is 102 cm³/mol. The lowest BCUT2D eigenvalue weighted by Crippen LogP contribution is -2.21. The van der Waals surface area contributed by atoms with Crippen LogP contribution in [0.5, 0.6) is 0 Å². The average molecular weight is 378 g/mol. The van der Waals surface area contributed by atoms with Crippen molar-refractivity contribution in [3.63, 3.8) is 0 Å². The molecule has 0 radical (unpaired) electrons. The van der Waals surface area contributed by atoms with Crippen molar-refractivity contribution in [1.82, 2.24) is 0 Å². The number of halogens is 1. The van der Waals surface area contributed by atoms with Crippen LogP contribution >= 0.6 is 23.4 Å². The van der Waals surface area contributed by atoms with Crippen LogP contribution in [0.4, 0.5) is 5.69 Å². The molecular weight excluding hydrogens is 358 g/mol. The highest BCUT2D eigenvalue weighted by Gasteiger charge is 2.11. The first-order chi connectivity index (χ1) is 11.8. The molecular formula is C19H20ClNO3S. The Morgan fingerprint density at radius 2 is 1.76 bits per heavy atom. The molecule has 0 aromatic heterocycles. The standard InChI is InChI=1S/C19H20ClNO3S/c1-12-5-7-16(15(20)8-12)21-18(22)10-24-19(23)11-25-17-9-13(2)4-6-14(17)3/h4-9H,10-11H2,1-3H3,(H,21,22). The Morgan fingerprint density at radius 1 is 1.08 bits per heavy atom. The van der Waals surface area contributed by atoms with Crippen LogP contribution in [-0.4, -0.2) is 24.2 Å². The number of carbonyl (C=O) groups is 2. The molecule has 0 saturated heterocycles. The quantitative estimate of drug-likeness (QED) is 0.593. The van der Waals surface area contributed by atoms with Gasteiger partial charge in [-0.2, -0.15) is 0 Å². The van der Waals surface area contributed by atoms with E-state index in [9.17, 15) is 9.59 Å². The maximum Gasteiger partial charge on any atom is 0.316 e. The van der Waals surface area contributed by atoms with Gasteiger partial charge in [-0.15, -0.1) is 11.8 Å². The number of benzene rings is 2. The van der Waals surface area contributed by atoms with Crippen LogP contribution in [0.2, 0.25) is 5.02 Å². The lowest BCUT2D eigenvalue weighted by molar-refractivity contribution is -0.144. The van der Waals surface area contributed by atoms with Gasteiger partial charge in [-0.3, -0.25) is 9.59 Å². The summed E-state index contributed by atoms with van der Waals surface area (Å²) >= 11 is 7.46. The van der Waals surface area contributed by atoms with Crippen LogP contribution in [0.3, 0.4) is 0 Å². The van der Waals surface area contributed by atoms with E-state index in [0.29, 0.717) is 10.7 Å². The fourth-order valence-corrected chi connectivity index (χ4v) is 3.30. The van der Waals surface area contributed by atoms with Crippen LogP contribution in [0, 0.1) is 20.8 Å². The van der Waals surface area contributed by atoms with Gasteiger partial charge in [-0.1, -0.05) is 35.4 Å². The van der Waals surface area contributed by atoms with Crippen molar-refractivity contribution in [1.29, 1.82) is 0 Å². The van der Waals surface area contributed by atoms with Crippen molar-refractivity contribution in [2.24, 2.45) is 0 Å². The summed E-state index contributed by atoms with van der Waals surface area (Å²) < 4.78 is 5.02. The molecule has 1 amide bonds. The first-order valence-electron chi connectivity index (χ1n) is 7.77. The van der Waals surface area contributed by atoms with Gasteiger partial charge in [0.05, 0.1) is 16.5 Å². The summed E-state index contributed by atoms with van der Waals surface area (Å²) in [5.41, 5.74) is 3.74. The number of ether oxygens (including phenoxy) is 1. The van der Waals surface area contributed by atoms with Gasteiger partial charge >= 0.3 is 5.97 Å². The Kier molecular flexibility index (Phi) is 6.91. The number of rotatable bonds is 6. The summed E-state index contributed by atoms with van der Waals surface area (Å²) in [7, 11) is 0. The normalized spacial score (nSPS) is 10.4. The van der Waals surface area contributed by atoms with Gasteiger partial charge in [0.25, 0.3) is 5.91 Å². The van der Waals surface area contributed by atoms with E-state index in [2.05, 4.69) is 5.32 Å². The molecule has 0 aliphatic rings. The van der Waals surface area contributed by atoms with Crippen molar-refractivity contribution >= 4 is 40.9 Å². The number of thioether (sulfide) groups is 1. The Morgan fingerprint density at radius 3 is 2.48 bits per heavy atom. The molecule has 0 heterocycles. The number of nitrogens with one attached hydrogen (secondary N) is 1. The fourth-order valence-electron chi connectivity index (χ4n) is 2.09. The molecule has 0 aliphatic carbocycles. The maximum atomic E-state index is 11.9. The number of anilines is 1. The van der Waals surface area contributed by atoms with Crippen molar-refractivity contribution < 1.29 is 14.3 Å². The van der Waals surface area contributed by atoms with Gasteiger partial charge in [0.15, 0.2) is 6.61 Å². The van der Waals surface area contributed by atoms with Crippen LogP contribution in [0.15, 0.2) is 41.3 Å². The molecule has 0 spiro atoms. The number of aryl methyl sites for hydroxylation is 3. The maximum absolute atomic E-state index is 11.9. The van der Waals surface area contributed by atoms with E-state index < -0.39 is 11.9 Å². The Labute approximate surface area is 156 Å². The minimum Gasteiger partial charge on any atom is -0.455 e. The van der Waals surface area contributed by atoms with Crippen molar-refractivity contribution in [2.75, 3.05) is 17.7 Å². The third kappa shape index (κ3) is 6.11. The van der Waals surface area contributed by atoms with Gasteiger partial charge in [-0.25, -0.2) is 0 Å².